The lowest BCUT2D eigenvalue weighted by molar-refractivity contribution is 0.0696. The minimum Gasteiger partial charge on any atom is -0.478 e. The molecular weight excluding hydrogens is 266 g/mol. The van der Waals surface area contributed by atoms with Crippen molar-refractivity contribution in [1.29, 1.82) is 0 Å². The number of carboxylic acids is 1. The fraction of sp³-hybridized carbons (Fsp3) is 0.0769. The molecule has 6 heteroatoms. The van der Waals surface area contributed by atoms with Crippen LogP contribution in [0.15, 0.2) is 36.5 Å². The molecule has 0 saturated heterocycles. The Balaban J connectivity index is 2.12. The van der Waals surface area contributed by atoms with Gasteiger partial charge in [0.1, 0.15) is 5.82 Å². The Bertz CT molecular complexity index is 617. The van der Waals surface area contributed by atoms with Gasteiger partial charge in [-0.2, -0.15) is 0 Å². The molecule has 0 aliphatic heterocycles. The van der Waals surface area contributed by atoms with Crippen molar-refractivity contribution in [3.05, 3.63) is 52.7 Å². The van der Waals surface area contributed by atoms with Crippen molar-refractivity contribution in [1.82, 2.24) is 4.98 Å². The molecule has 0 radical (unpaired) electrons. The van der Waals surface area contributed by atoms with Gasteiger partial charge in [0, 0.05) is 17.8 Å². The molecule has 0 aliphatic carbocycles. The number of nitrogens with one attached hydrogen (secondary N) is 1. The molecule has 1 heterocycles. The SMILES string of the molecule is Nc1cc(C(=O)O)cnc1NCc1ccccc1Cl. The summed E-state index contributed by atoms with van der Waals surface area (Å²) in [7, 11) is 0. The zero-order chi connectivity index (χ0) is 13.8. The third-order valence-corrected chi connectivity index (χ3v) is 2.94. The fourth-order valence-corrected chi connectivity index (χ4v) is 1.77. The Kier molecular flexibility index (Phi) is 3.87. The van der Waals surface area contributed by atoms with E-state index < -0.39 is 5.97 Å². The van der Waals surface area contributed by atoms with Crippen LogP contribution in [-0.4, -0.2) is 16.1 Å². The predicted octanol–water partition coefficient (Wildman–Crippen LogP) is 2.63. The largest absolute Gasteiger partial charge is 0.478 e. The van der Waals surface area contributed by atoms with Crippen LogP contribution in [0.3, 0.4) is 0 Å². The highest BCUT2D eigenvalue weighted by Gasteiger charge is 2.08. The standard InChI is InChI=1S/C13H12ClN3O2/c14-10-4-2-1-3-8(10)6-16-12-11(15)5-9(7-17-12)13(18)19/h1-5,7H,6,15H2,(H,16,17)(H,18,19). The first-order valence-corrected chi connectivity index (χ1v) is 5.92. The van der Waals surface area contributed by atoms with Gasteiger partial charge in [0.15, 0.2) is 0 Å². The van der Waals surface area contributed by atoms with Crippen LogP contribution < -0.4 is 11.1 Å². The second-order valence-electron chi connectivity index (χ2n) is 3.91. The van der Waals surface area contributed by atoms with Gasteiger partial charge >= 0.3 is 5.97 Å². The summed E-state index contributed by atoms with van der Waals surface area (Å²) in [4.78, 5) is 14.7. The number of hydrogen-bond acceptors (Lipinski definition) is 4. The van der Waals surface area contributed by atoms with Crippen molar-refractivity contribution in [3.8, 4) is 0 Å². The molecular formula is C13H12ClN3O2. The van der Waals surface area contributed by atoms with Gasteiger partial charge in [-0.15, -0.1) is 0 Å². The van der Waals surface area contributed by atoms with Crippen LogP contribution in [0.4, 0.5) is 11.5 Å². The summed E-state index contributed by atoms with van der Waals surface area (Å²) >= 11 is 6.03. The van der Waals surface area contributed by atoms with Crippen molar-refractivity contribution in [2.75, 3.05) is 11.1 Å². The van der Waals surface area contributed by atoms with Crippen molar-refractivity contribution in [3.63, 3.8) is 0 Å². The summed E-state index contributed by atoms with van der Waals surface area (Å²) in [6, 6.07) is 8.78. The summed E-state index contributed by atoms with van der Waals surface area (Å²) in [6.07, 6.45) is 1.26. The third-order valence-electron chi connectivity index (χ3n) is 2.57. The molecule has 0 fully saturated rings. The minimum atomic E-state index is -1.06. The molecule has 0 unspecified atom stereocenters. The van der Waals surface area contributed by atoms with Gasteiger partial charge in [-0.1, -0.05) is 29.8 Å². The molecule has 1 aromatic heterocycles. The molecule has 5 nitrogen and oxygen atoms in total. The molecule has 2 rings (SSSR count). The zero-order valence-corrected chi connectivity index (χ0v) is 10.7. The number of halogens is 1. The Labute approximate surface area is 115 Å². The highest BCUT2D eigenvalue weighted by atomic mass is 35.5. The van der Waals surface area contributed by atoms with E-state index in [0.29, 0.717) is 17.4 Å². The van der Waals surface area contributed by atoms with Crippen molar-refractivity contribution in [2.45, 2.75) is 6.54 Å². The van der Waals surface area contributed by atoms with Crippen LogP contribution in [0.25, 0.3) is 0 Å². The summed E-state index contributed by atoms with van der Waals surface area (Å²) in [5.74, 6) is -0.623. The second kappa shape index (κ2) is 5.58. The number of anilines is 2. The van der Waals surface area contributed by atoms with E-state index in [1.54, 1.807) is 6.07 Å². The Morgan fingerprint density at radius 1 is 1.42 bits per heavy atom. The molecule has 2 aromatic rings. The van der Waals surface area contributed by atoms with E-state index in [2.05, 4.69) is 10.3 Å². The highest BCUT2D eigenvalue weighted by Crippen LogP contribution is 2.20. The minimum absolute atomic E-state index is 0.0563. The van der Waals surface area contributed by atoms with E-state index in [4.69, 9.17) is 22.4 Å². The lowest BCUT2D eigenvalue weighted by Crippen LogP contribution is -2.07. The monoisotopic (exact) mass is 277 g/mol. The quantitative estimate of drug-likeness (QED) is 0.799. The van der Waals surface area contributed by atoms with Crippen LogP contribution in [0.1, 0.15) is 15.9 Å². The van der Waals surface area contributed by atoms with E-state index >= 15 is 0 Å². The van der Waals surface area contributed by atoms with E-state index in [9.17, 15) is 4.79 Å². The van der Waals surface area contributed by atoms with Crippen LogP contribution in [0.2, 0.25) is 5.02 Å². The van der Waals surface area contributed by atoms with Gasteiger partial charge in [0.2, 0.25) is 0 Å². The molecule has 98 valence electrons. The molecule has 0 atom stereocenters. The lowest BCUT2D eigenvalue weighted by atomic mass is 10.2. The molecule has 0 amide bonds. The van der Waals surface area contributed by atoms with E-state index in [1.165, 1.54) is 12.3 Å². The maximum Gasteiger partial charge on any atom is 0.337 e. The predicted molar refractivity (Wildman–Crippen MR) is 74.4 cm³/mol. The molecule has 19 heavy (non-hydrogen) atoms. The van der Waals surface area contributed by atoms with Crippen molar-refractivity contribution in [2.24, 2.45) is 0 Å². The number of nitrogen functional groups attached to an aromatic ring is 1. The summed E-state index contributed by atoms with van der Waals surface area (Å²) in [6.45, 7) is 0.462. The van der Waals surface area contributed by atoms with Crippen LogP contribution in [-0.2, 0) is 6.54 Å². The van der Waals surface area contributed by atoms with E-state index in [1.807, 2.05) is 18.2 Å². The smallest absolute Gasteiger partial charge is 0.337 e. The Morgan fingerprint density at radius 3 is 2.79 bits per heavy atom. The number of hydrogen-bond donors (Lipinski definition) is 3. The number of aromatic carboxylic acids is 1. The maximum atomic E-state index is 10.8. The number of rotatable bonds is 4. The topological polar surface area (TPSA) is 88.2 Å². The molecule has 1 aromatic carbocycles. The summed E-state index contributed by atoms with van der Waals surface area (Å²) in [5, 5.41) is 12.5. The number of carboxylic acid groups (broad SMARTS) is 1. The highest BCUT2D eigenvalue weighted by molar-refractivity contribution is 6.31. The number of benzene rings is 1. The average Bonchev–Trinajstić information content (AvgIpc) is 2.39. The zero-order valence-electron chi connectivity index (χ0n) is 9.93. The van der Waals surface area contributed by atoms with Crippen LogP contribution in [0.5, 0.6) is 0 Å². The number of aromatic nitrogens is 1. The molecule has 0 spiro atoms. The first kappa shape index (κ1) is 13.2. The second-order valence-corrected chi connectivity index (χ2v) is 4.32. The molecule has 0 aliphatic rings. The van der Waals surface area contributed by atoms with Crippen molar-refractivity contribution < 1.29 is 9.90 Å². The first-order valence-electron chi connectivity index (χ1n) is 5.54. The fourth-order valence-electron chi connectivity index (χ4n) is 1.57. The van der Waals surface area contributed by atoms with Crippen molar-refractivity contribution >= 4 is 29.1 Å². The van der Waals surface area contributed by atoms with Gasteiger partial charge in [-0.3, -0.25) is 0 Å². The average molecular weight is 278 g/mol. The summed E-state index contributed by atoms with van der Waals surface area (Å²) in [5.41, 5.74) is 6.99. The number of pyridine rings is 1. The van der Waals surface area contributed by atoms with Gasteiger partial charge in [-0.25, -0.2) is 9.78 Å². The molecule has 0 bridgehead atoms. The Hall–Kier alpha value is -2.27. The maximum absolute atomic E-state index is 10.8. The van der Waals surface area contributed by atoms with Gasteiger partial charge < -0.3 is 16.2 Å². The number of nitrogens with two attached hydrogens (primary N) is 1. The first-order chi connectivity index (χ1) is 9.08. The number of nitrogens with zero attached hydrogens (tertiary/aromatic N) is 1. The summed E-state index contributed by atoms with van der Waals surface area (Å²) < 4.78 is 0. The van der Waals surface area contributed by atoms with Crippen LogP contribution >= 0.6 is 11.6 Å². The lowest BCUT2D eigenvalue weighted by Gasteiger charge is -2.09. The van der Waals surface area contributed by atoms with Gasteiger partial charge in [0.05, 0.1) is 11.3 Å². The van der Waals surface area contributed by atoms with Gasteiger partial charge in [-0.05, 0) is 17.7 Å². The van der Waals surface area contributed by atoms with E-state index in [-0.39, 0.29) is 11.3 Å². The normalized spacial score (nSPS) is 10.2. The molecule has 4 N–H and O–H groups in total. The molecule has 0 saturated carbocycles. The van der Waals surface area contributed by atoms with Crippen LogP contribution in [0, 0.1) is 0 Å². The van der Waals surface area contributed by atoms with E-state index in [0.717, 1.165) is 5.56 Å². The third kappa shape index (κ3) is 3.14. The Morgan fingerprint density at radius 2 is 2.16 bits per heavy atom. The van der Waals surface area contributed by atoms with Gasteiger partial charge in [0.25, 0.3) is 0 Å². The number of carbonyl (C=O) groups is 1.